The molecule has 6 nitrogen and oxygen atoms in total. The number of anilines is 1. The lowest BCUT2D eigenvalue weighted by molar-refractivity contribution is -0.192. The van der Waals surface area contributed by atoms with Gasteiger partial charge in [-0.3, -0.25) is 0 Å². The van der Waals surface area contributed by atoms with Crippen LogP contribution in [-0.2, 0) is 4.79 Å². The Kier molecular flexibility index (Phi) is 6.35. The normalized spacial score (nSPS) is 18.1. The van der Waals surface area contributed by atoms with E-state index in [0.29, 0.717) is 0 Å². The van der Waals surface area contributed by atoms with Crippen molar-refractivity contribution in [3.8, 4) is 0 Å². The van der Waals surface area contributed by atoms with Crippen LogP contribution in [-0.4, -0.2) is 46.9 Å². The number of nitrogens with zero attached hydrogens (tertiary/aromatic N) is 3. The molecule has 1 aliphatic heterocycles. The van der Waals surface area contributed by atoms with Gasteiger partial charge in [-0.25, -0.2) is 14.8 Å². The van der Waals surface area contributed by atoms with Crippen molar-refractivity contribution in [2.45, 2.75) is 19.0 Å². The molecule has 0 aromatic carbocycles. The maximum absolute atomic E-state index is 10.6. The number of nitrogens with two attached hydrogens (primary N) is 1. The summed E-state index contributed by atoms with van der Waals surface area (Å²) >= 11 is 0. The molecule has 21 heavy (non-hydrogen) atoms. The van der Waals surface area contributed by atoms with Gasteiger partial charge in [0.2, 0.25) is 5.95 Å². The highest BCUT2D eigenvalue weighted by Gasteiger charge is 2.38. The smallest absolute Gasteiger partial charge is 0.475 e. The third-order valence-corrected chi connectivity index (χ3v) is 2.94. The summed E-state index contributed by atoms with van der Waals surface area (Å²) in [6.07, 6.45) is 0.829. The lowest BCUT2D eigenvalue weighted by Gasteiger charge is -2.15. The molecule has 0 spiro atoms. The van der Waals surface area contributed by atoms with Gasteiger partial charge in [0.05, 0.1) is 0 Å². The molecule has 1 atom stereocenters. The van der Waals surface area contributed by atoms with Crippen LogP contribution in [0.2, 0.25) is 0 Å². The Morgan fingerprint density at radius 1 is 1.43 bits per heavy atom. The van der Waals surface area contributed by atoms with Gasteiger partial charge in [0.15, 0.2) is 0 Å². The monoisotopic (exact) mass is 306 g/mol. The summed E-state index contributed by atoms with van der Waals surface area (Å²) in [5, 5.41) is 7.12. The molecule has 1 fully saturated rings. The van der Waals surface area contributed by atoms with Crippen molar-refractivity contribution < 1.29 is 23.1 Å². The summed E-state index contributed by atoms with van der Waals surface area (Å²) < 4.78 is 31.7. The Morgan fingerprint density at radius 2 is 2.00 bits per heavy atom. The van der Waals surface area contributed by atoms with Crippen LogP contribution in [0.4, 0.5) is 19.1 Å². The Balaban J connectivity index is 0.000000270. The molecule has 9 heteroatoms. The van der Waals surface area contributed by atoms with Crippen molar-refractivity contribution in [2.75, 3.05) is 24.5 Å². The van der Waals surface area contributed by atoms with Crippen LogP contribution in [0.25, 0.3) is 0 Å². The average Bonchev–Trinajstić information content (AvgIpc) is 2.88. The van der Waals surface area contributed by atoms with Crippen molar-refractivity contribution in [3.63, 3.8) is 0 Å². The van der Waals surface area contributed by atoms with Crippen LogP contribution in [0.3, 0.4) is 0 Å². The number of aliphatic carboxylic acids is 1. The minimum Gasteiger partial charge on any atom is -0.475 e. The second kappa shape index (κ2) is 7.77. The highest BCUT2D eigenvalue weighted by atomic mass is 19.4. The molecule has 2 heterocycles. The molecule has 0 radical (unpaired) electrons. The van der Waals surface area contributed by atoms with Gasteiger partial charge in [-0.05, 0) is 31.4 Å². The Hall–Kier alpha value is -1.90. The van der Waals surface area contributed by atoms with Crippen LogP contribution in [0.15, 0.2) is 18.5 Å². The van der Waals surface area contributed by atoms with Gasteiger partial charge in [0.25, 0.3) is 0 Å². The zero-order valence-corrected chi connectivity index (χ0v) is 11.3. The number of carboxylic acids is 1. The third kappa shape index (κ3) is 5.94. The molecule has 2 rings (SSSR count). The lowest BCUT2D eigenvalue weighted by Crippen LogP contribution is -2.22. The minimum atomic E-state index is -5.08. The van der Waals surface area contributed by atoms with E-state index in [4.69, 9.17) is 15.6 Å². The molecule has 0 amide bonds. The first-order chi connectivity index (χ1) is 9.84. The van der Waals surface area contributed by atoms with Crippen LogP contribution < -0.4 is 10.6 Å². The largest absolute Gasteiger partial charge is 0.490 e. The van der Waals surface area contributed by atoms with E-state index in [1.807, 2.05) is 6.07 Å². The molecule has 0 aliphatic carbocycles. The molecular formula is C12H17F3N4O2. The fourth-order valence-corrected chi connectivity index (χ4v) is 1.94. The lowest BCUT2D eigenvalue weighted by atomic mass is 10.1. The topological polar surface area (TPSA) is 92.3 Å². The molecular weight excluding hydrogens is 289 g/mol. The van der Waals surface area contributed by atoms with E-state index >= 15 is 0 Å². The van der Waals surface area contributed by atoms with Crippen molar-refractivity contribution in [3.05, 3.63) is 18.5 Å². The van der Waals surface area contributed by atoms with Gasteiger partial charge in [0.1, 0.15) is 0 Å². The van der Waals surface area contributed by atoms with Crippen molar-refractivity contribution in [2.24, 2.45) is 11.7 Å². The fraction of sp³-hybridized carbons (Fsp3) is 0.583. The van der Waals surface area contributed by atoms with E-state index in [2.05, 4.69) is 14.9 Å². The highest BCUT2D eigenvalue weighted by molar-refractivity contribution is 5.73. The number of halogens is 3. The zero-order valence-electron chi connectivity index (χ0n) is 11.3. The van der Waals surface area contributed by atoms with E-state index in [1.165, 1.54) is 6.42 Å². The molecule has 1 aromatic heterocycles. The van der Waals surface area contributed by atoms with Gasteiger partial charge < -0.3 is 15.7 Å². The zero-order chi connectivity index (χ0) is 15.9. The summed E-state index contributed by atoms with van der Waals surface area (Å²) in [7, 11) is 0. The number of hydrogen-bond acceptors (Lipinski definition) is 5. The second-order valence-corrected chi connectivity index (χ2v) is 4.53. The van der Waals surface area contributed by atoms with Gasteiger partial charge in [-0.15, -0.1) is 0 Å². The third-order valence-electron chi connectivity index (χ3n) is 2.94. The molecule has 1 saturated heterocycles. The summed E-state index contributed by atoms with van der Waals surface area (Å²) in [5.41, 5.74) is 5.54. The Bertz CT molecular complexity index is 442. The summed E-state index contributed by atoms with van der Waals surface area (Å²) in [4.78, 5) is 19.6. The predicted molar refractivity (Wildman–Crippen MR) is 69.7 cm³/mol. The number of carbonyl (C=O) groups is 1. The number of aromatic nitrogens is 2. The minimum absolute atomic E-state index is 0.726. The van der Waals surface area contributed by atoms with E-state index in [9.17, 15) is 13.2 Å². The van der Waals surface area contributed by atoms with Crippen LogP contribution >= 0.6 is 0 Å². The van der Waals surface area contributed by atoms with Crippen molar-refractivity contribution in [1.82, 2.24) is 9.97 Å². The van der Waals surface area contributed by atoms with Gasteiger partial charge >= 0.3 is 12.1 Å². The highest BCUT2D eigenvalue weighted by Crippen LogP contribution is 2.21. The first-order valence-corrected chi connectivity index (χ1v) is 6.36. The Morgan fingerprint density at radius 3 is 2.48 bits per heavy atom. The summed E-state index contributed by atoms with van der Waals surface area (Å²) in [5.74, 6) is -1.18. The number of hydrogen-bond donors (Lipinski definition) is 2. The average molecular weight is 306 g/mol. The fourth-order valence-electron chi connectivity index (χ4n) is 1.94. The molecule has 0 saturated carbocycles. The van der Waals surface area contributed by atoms with E-state index in [0.717, 1.165) is 37.9 Å². The standard InChI is InChI=1S/C10H16N4.C2HF3O2/c11-4-2-9-3-7-14(8-9)10-12-5-1-6-13-10;3-2(4,5)1(6)7/h1,5-6,9H,2-4,7-8,11H2;(H,6,7). The predicted octanol–water partition coefficient (Wildman–Crippen LogP) is 1.28. The first-order valence-electron chi connectivity index (χ1n) is 6.36. The van der Waals surface area contributed by atoms with E-state index in [-0.39, 0.29) is 0 Å². The van der Waals surface area contributed by atoms with Crippen LogP contribution in [0, 0.1) is 5.92 Å². The molecule has 1 aliphatic rings. The van der Waals surface area contributed by atoms with Crippen molar-refractivity contribution in [1.29, 1.82) is 0 Å². The quantitative estimate of drug-likeness (QED) is 0.874. The summed E-state index contributed by atoms with van der Waals surface area (Å²) in [6, 6.07) is 1.84. The van der Waals surface area contributed by atoms with Crippen molar-refractivity contribution >= 4 is 11.9 Å². The number of carboxylic acid groups (broad SMARTS) is 1. The summed E-state index contributed by atoms with van der Waals surface area (Å²) in [6.45, 7) is 2.91. The van der Waals surface area contributed by atoms with Gasteiger partial charge in [-0.2, -0.15) is 13.2 Å². The van der Waals surface area contributed by atoms with Crippen LogP contribution in [0.5, 0.6) is 0 Å². The Labute approximate surface area is 119 Å². The number of rotatable bonds is 3. The van der Waals surface area contributed by atoms with E-state index in [1.54, 1.807) is 12.4 Å². The first kappa shape index (κ1) is 17.2. The molecule has 0 bridgehead atoms. The molecule has 1 unspecified atom stereocenters. The van der Waals surface area contributed by atoms with Gasteiger partial charge in [0, 0.05) is 25.5 Å². The molecule has 1 aromatic rings. The molecule has 118 valence electrons. The second-order valence-electron chi connectivity index (χ2n) is 4.53. The van der Waals surface area contributed by atoms with E-state index < -0.39 is 12.1 Å². The van der Waals surface area contributed by atoms with Gasteiger partial charge in [-0.1, -0.05) is 0 Å². The van der Waals surface area contributed by atoms with Crippen LogP contribution in [0.1, 0.15) is 12.8 Å². The SMILES string of the molecule is NCCC1CCN(c2ncccn2)C1.O=C(O)C(F)(F)F. The maximum atomic E-state index is 10.6. The number of alkyl halides is 3. The molecule has 3 N–H and O–H groups in total. The maximum Gasteiger partial charge on any atom is 0.490 e.